The van der Waals surface area contributed by atoms with Crippen molar-refractivity contribution in [1.29, 1.82) is 0 Å². The maximum atomic E-state index is 2.69. The van der Waals surface area contributed by atoms with Crippen molar-refractivity contribution in [3.63, 3.8) is 0 Å². The summed E-state index contributed by atoms with van der Waals surface area (Å²) >= 11 is 0. The van der Waals surface area contributed by atoms with Crippen LogP contribution in [0.15, 0.2) is 132 Å². The van der Waals surface area contributed by atoms with Crippen molar-refractivity contribution >= 4 is 37.1 Å². The van der Waals surface area contributed by atoms with E-state index < -0.39 is 15.8 Å². The van der Waals surface area contributed by atoms with Crippen LogP contribution in [-0.2, 0) is 0 Å². The van der Waals surface area contributed by atoms with E-state index in [0.29, 0.717) is 0 Å². The van der Waals surface area contributed by atoms with Crippen molar-refractivity contribution in [3.05, 3.63) is 132 Å². The molecule has 0 N–H and O–H groups in total. The zero-order valence-corrected chi connectivity index (χ0v) is 24.7. The van der Waals surface area contributed by atoms with Gasteiger partial charge >= 0.3 is 0 Å². The molecule has 2 heteroatoms. The van der Waals surface area contributed by atoms with E-state index in [0.717, 1.165) is 0 Å². The van der Waals surface area contributed by atoms with E-state index in [2.05, 4.69) is 134 Å². The molecule has 196 valence electrons. The zero-order valence-electron chi connectivity index (χ0n) is 22.9. The molecule has 0 saturated carbocycles. The van der Waals surface area contributed by atoms with E-state index >= 15 is 0 Å². The Bertz CT molecular complexity index is 1110. The van der Waals surface area contributed by atoms with E-state index in [1.54, 1.807) is 5.31 Å². The smallest absolute Gasteiger partial charge is 0.0154 e. The van der Waals surface area contributed by atoms with Gasteiger partial charge in [-0.1, -0.05) is 173 Å². The van der Waals surface area contributed by atoms with Gasteiger partial charge < -0.3 is 0 Å². The summed E-state index contributed by atoms with van der Waals surface area (Å²) in [6.45, 7) is 2.30. The summed E-state index contributed by atoms with van der Waals surface area (Å²) in [7, 11) is -1.17. The highest BCUT2D eigenvalue weighted by molar-refractivity contribution is 7.80. The Morgan fingerprint density at radius 3 is 1.26 bits per heavy atom. The SMILES string of the molecule is CCCCCCCCCC/C(=C\P(c1ccccc1)c1ccccc1)P(c1ccccc1)c1ccccc1. The minimum Gasteiger partial charge on any atom is -0.0654 e. The monoisotopic (exact) mass is 536 g/mol. The molecule has 0 aliphatic heterocycles. The lowest BCUT2D eigenvalue weighted by molar-refractivity contribution is 0.577. The zero-order chi connectivity index (χ0) is 26.3. The minimum atomic E-state index is -0.584. The predicted molar refractivity (Wildman–Crippen MR) is 173 cm³/mol. The van der Waals surface area contributed by atoms with E-state index in [1.165, 1.54) is 79.0 Å². The molecule has 0 bridgehead atoms. The highest BCUT2D eigenvalue weighted by Gasteiger charge is 2.21. The summed E-state index contributed by atoms with van der Waals surface area (Å²) in [6.07, 6.45) is 12.0. The van der Waals surface area contributed by atoms with Crippen LogP contribution in [-0.4, -0.2) is 0 Å². The van der Waals surface area contributed by atoms with Crippen LogP contribution in [0.5, 0.6) is 0 Å². The van der Waals surface area contributed by atoms with Crippen LogP contribution in [0.1, 0.15) is 64.7 Å². The van der Waals surface area contributed by atoms with Gasteiger partial charge in [-0.25, -0.2) is 0 Å². The van der Waals surface area contributed by atoms with Crippen molar-refractivity contribution in [1.82, 2.24) is 0 Å². The molecule has 0 aromatic heterocycles. The topological polar surface area (TPSA) is 0 Å². The van der Waals surface area contributed by atoms with Gasteiger partial charge in [0, 0.05) is 0 Å². The van der Waals surface area contributed by atoms with Gasteiger partial charge in [-0.05, 0) is 61.0 Å². The molecule has 0 heterocycles. The first-order valence-corrected chi connectivity index (χ1v) is 17.1. The van der Waals surface area contributed by atoms with Gasteiger partial charge in [0.15, 0.2) is 0 Å². The van der Waals surface area contributed by atoms with Gasteiger partial charge in [0.05, 0.1) is 0 Å². The first kappa shape index (κ1) is 28.5. The van der Waals surface area contributed by atoms with Crippen molar-refractivity contribution in [2.24, 2.45) is 0 Å². The average Bonchev–Trinajstić information content (AvgIpc) is 2.99. The minimum absolute atomic E-state index is 0.583. The number of hydrogen-bond donors (Lipinski definition) is 0. The van der Waals surface area contributed by atoms with Gasteiger partial charge in [0.2, 0.25) is 0 Å². The summed E-state index contributed by atoms with van der Waals surface area (Å²) < 4.78 is 0. The molecule has 0 spiro atoms. The molecule has 4 aromatic carbocycles. The van der Waals surface area contributed by atoms with Crippen LogP contribution >= 0.6 is 15.8 Å². The predicted octanol–water partition coefficient (Wildman–Crippen LogP) is 9.62. The Kier molecular flexibility index (Phi) is 12.3. The second-order valence-corrected chi connectivity index (χ2v) is 14.2. The van der Waals surface area contributed by atoms with Crippen LogP contribution in [0.2, 0.25) is 0 Å². The van der Waals surface area contributed by atoms with Crippen LogP contribution < -0.4 is 21.2 Å². The van der Waals surface area contributed by atoms with Gasteiger partial charge in [0.1, 0.15) is 0 Å². The van der Waals surface area contributed by atoms with E-state index in [4.69, 9.17) is 0 Å². The highest BCUT2D eigenvalue weighted by Crippen LogP contribution is 2.50. The molecule has 0 amide bonds. The van der Waals surface area contributed by atoms with Crippen LogP contribution in [0.3, 0.4) is 0 Å². The fraction of sp³-hybridized carbons (Fsp3) is 0.278. The second kappa shape index (κ2) is 16.4. The van der Waals surface area contributed by atoms with E-state index in [9.17, 15) is 0 Å². The van der Waals surface area contributed by atoms with E-state index in [-0.39, 0.29) is 0 Å². The van der Waals surface area contributed by atoms with Crippen LogP contribution in [0.4, 0.5) is 0 Å². The summed E-state index contributed by atoms with van der Waals surface area (Å²) in [5.41, 5.74) is 0. The van der Waals surface area contributed by atoms with Crippen molar-refractivity contribution in [2.45, 2.75) is 64.7 Å². The van der Waals surface area contributed by atoms with Crippen LogP contribution in [0, 0.1) is 0 Å². The average molecular weight is 537 g/mol. The lowest BCUT2D eigenvalue weighted by atomic mass is 10.1. The quantitative estimate of drug-likeness (QED) is 0.105. The third-order valence-corrected chi connectivity index (χ3v) is 12.0. The molecule has 0 aliphatic carbocycles. The third-order valence-electron chi connectivity index (χ3n) is 6.95. The fourth-order valence-electron chi connectivity index (χ4n) is 4.93. The van der Waals surface area contributed by atoms with E-state index in [1.807, 2.05) is 0 Å². The van der Waals surface area contributed by atoms with Gasteiger partial charge in [-0.2, -0.15) is 0 Å². The molecule has 0 aliphatic rings. The number of benzene rings is 4. The first-order valence-electron chi connectivity index (χ1n) is 14.4. The third kappa shape index (κ3) is 8.76. The molecule has 38 heavy (non-hydrogen) atoms. The standard InChI is InChI=1S/C36H42P2/c1-2-3-4-5-6-7-8-13-30-36(38(34-26-18-11-19-27-34)35-28-20-12-21-29-35)31-37(32-22-14-9-15-23-32)33-24-16-10-17-25-33/h9-12,14-29,31H,2-8,13,30H2,1H3/b36-31+. The van der Waals surface area contributed by atoms with Crippen molar-refractivity contribution < 1.29 is 0 Å². The largest absolute Gasteiger partial charge is 0.0654 e. The Hall–Kier alpha value is -2.52. The molecular formula is C36H42P2. The fourth-order valence-corrected chi connectivity index (χ4v) is 10.0. The van der Waals surface area contributed by atoms with Gasteiger partial charge in [-0.3, -0.25) is 0 Å². The van der Waals surface area contributed by atoms with Crippen molar-refractivity contribution in [3.8, 4) is 0 Å². The van der Waals surface area contributed by atoms with Crippen molar-refractivity contribution in [2.75, 3.05) is 0 Å². The Balaban J connectivity index is 1.68. The molecule has 4 aromatic rings. The molecule has 0 unspecified atom stereocenters. The molecule has 0 nitrogen and oxygen atoms in total. The molecule has 0 saturated heterocycles. The first-order chi connectivity index (χ1) is 18.9. The summed E-state index contributed by atoms with van der Waals surface area (Å²) in [5, 5.41) is 7.39. The highest BCUT2D eigenvalue weighted by atomic mass is 31.1. The van der Waals surface area contributed by atoms with Gasteiger partial charge in [0.25, 0.3) is 0 Å². The lowest BCUT2D eigenvalue weighted by Gasteiger charge is -2.25. The normalized spacial score (nSPS) is 11.8. The lowest BCUT2D eigenvalue weighted by Crippen LogP contribution is -2.15. The Morgan fingerprint density at radius 1 is 0.474 bits per heavy atom. The maximum absolute atomic E-state index is 2.69. The molecule has 0 atom stereocenters. The second-order valence-electron chi connectivity index (χ2n) is 9.89. The maximum Gasteiger partial charge on any atom is -0.0154 e. The summed E-state index contributed by atoms with van der Waals surface area (Å²) in [4.78, 5) is 0. The number of unbranched alkanes of at least 4 members (excludes halogenated alkanes) is 7. The Morgan fingerprint density at radius 2 is 0.842 bits per heavy atom. The summed E-state index contributed by atoms with van der Waals surface area (Å²) in [5.74, 6) is 2.69. The Labute approximate surface area is 233 Å². The molecule has 0 radical (unpaired) electrons. The molecular weight excluding hydrogens is 494 g/mol. The number of rotatable bonds is 15. The number of hydrogen-bond acceptors (Lipinski definition) is 0. The van der Waals surface area contributed by atoms with Gasteiger partial charge in [-0.15, -0.1) is 0 Å². The molecule has 0 fully saturated rings. The van der Waals surface area contributed by atoms with Crippen LogP contribution in [0.25, 0.3) is 0 Å². The molecule has 4 rings (SSSR count). The summed E-state index contributed by atoms with van der Waals surface area (Å²) in [6, 6.07) is 44.8. The number of allylic oxidation sites excluding steroid dienone is 1.